The largest absolute Gasteiger partial charge is 0.504 e. The molecule has 3 aromatic carbocycles. The zero-order chi connectivity index (χ0) is 24.1. The molecule has 4 N–H and O–H groups in total. The van der Waals surface area contributed by atoms with E-state index in [-0.39, 0.29) is 16.7 Å². The second-order valence-corrected chi connectivity index (χ2v) is 6.66. The number of carboxylic acids is 1. The van der Waals surface area contributed by atoms with E-state index in [0.29, 0.717) is 22.5 Å². The molecule has 9 heteroatoms. The van der Waals surface area contributed by atoms with Crippen LogP contribution in [0.15, 0.2) is 69.9 Å². The van der Waals surface area contributed by atoms with Crippen molar-refractivity contribution in [2.24, 2.45) is 0 Å². The molecular formula is C24H20O9. The summed E-state index contributed by atoms with van der Waals surface area (Å²) in [4.78, 5) is 22.9. The number of phenolic OH excluding ortho intramolecular Hbond substituents is 3. The predicted molar refractivity (Wildman–Crippen MR) is 119 cm³/mol. The zero-order valence-electron chi connectivity index (χ0n) is 17.6. The third-order valence-corrected chi connectivity index (χ3v) is 4.62. The molecule has 33 heavy (non-hydrogen) atoms. The first-order valence-corrected chi connectivity index (χ1v) is 9.50. The molecule has 4 rings (SSSR count). The first-order valence-electron chi connectivity index (χ1n) is 9.50. The zero-order valence-corrected chi connectivity index (χ0v) is 17.6. The van der Waals surface area contributed by atoms with Crippen molar-refractivity contribution in [2.45, 2.75) is 0 Å². The molecule has 1 heterocycles. The SMILES string of the molecule is COc1c(-c2ccccc2)oc2c(OC)cccc2c1=O.O=C(O)c1cc(O)c(O)c(O)c1. The first-order chi connectivity index (χ1) is 15.8. The number of benzene rings is 3. The number of rotatable bonds is 4. The number of ether oxygens (including phenoxy) is 2. The van der Waals surface area contributed by atoms with E-state index in [9.17, 15) is 9.59 Å². The maximum atomic E-state index is 12.6. The number of hydrogen-bond acceptors (Lipinski definition) is 8. The van der Waals surface area contributed by atoms with Gasteiger partial charge in [0.15, 0.2) is 34.3 Å². The Morgan fingerprint density at radius 3 is 2.06 bits per heavy atom. The van der Waals surface area contributed by atoms with Crippen molar-refractivity contribution >= 4 is 16.9 Å². The van der Waals surface area contributed by atoms with Crippen molar-refractivity contribution < 1.29 is 39.1 Å². The molecule has 9 nitrogen and oxygen atoms in total. The van der Waals surface area contributed by atoms with E-state index >= 15 is 0 Å². The van der Waals surface area contributed by atoms with Crippen molar-refractivity contribution in [1.29, 1.82) is 0 Å². The van der Waals surface area contributed by atoms with E-state index in [1.807, 2.05) is 30.3 Å². The summed E-state index contributed by atoms with van der Waals surface area (Å²) in [6.07, 6.45) is 0. The van der Waals surface area contributed by atoms with Crippen LogP contribution in [0.5, 0.6) is 28.7 Å². The molecule has 0 bridgehead atoms. The molecule has 0 aliphatic carbocycles. The molecule has 0 unspecified atom stereocenters. The number of phenols is 3. The Balaban J connectivity index is 0.000000218. The van der Waals surface area contributed by atoms with Crippen LogP contribution in [0.4, 0.5) is 0 Å². The second-order valence-electron chi connectivity index (χ2n) is 6.66. The van der Waals surface area contributed by atoms with Crippen LogP contribution in [0.25, 0.3) is 22.3 Å². The number of methoxy groups -OCH3 is 2. The second kappa shape index (κ2) is 9.65. The monoisotopic (exact) mass is 452 g/mol. The van der Waals surface area contributed by atoms with Crippen LogP contribution in [-0.2, 0) is 0 Å². The summed E-state index contributed by atoms with van der Waals surface area (Å²) < 4.78 is 16.5. The highest BCUT2D eigenvalue weighted by Crippen LogP contribution is 2.35. The van der Waals surface area contributed by atoms with Crippen LogP contribution in [0.1, 0.15) is 10.4 Å². The summed E-state index contributed by atoms with van der Waals surface area (Å²) in [7, 11) is 3.01. The highest BCUT2D eigenvalue weighted by molar-refractivity contribution is 5.89. The molecule has 0 saturated carbocycles. The molecule has 0 radical (unpaired) electrons. The smallest absolute Gasteiger partial charge is 0.335 e. The molecule has 4 aromatic rings. The molecule has 1 aromatic heterocycles. The van der Waals surface area contributed by atoms with E-state index in [1.165, 1.54) is 7.11 Å². The van der Waals surface area contributed by atoms with Gasteiger partial charge in [-0.3, -0.25) is 4.79 Å². The first kappa shape index (κ1) is 23.0. The summed E-state index contributed by atoms with van der Waals surface area (Å²) in [6, 6.07) is 16.3. The summed E-state index contributed by atoms with van der Waals surface area (Å²) in [5.74, 6) is -2.22. The van der Waals surface area contributed by atoms with E-state index in [4.69, 9.17) is 34.3 Å². The van der Waals surface area contributed by atoms with E-state index in [2.05, 4.69) is 0 Å². The van der Waals surface area contributed by atoms with Crippen molar-refractivity contribution in [3.8, 4) is 40.1 Å². The lowest BCUT2D eigenvalue weighted by molar-refractivity contribution is 0.0696. The molecule has 0 fully saturated rings. The fourth-order valence-corrected chi connectivity index (χ4v) is 3.03. The number of aromatic carboxylic acids is 1. The number of carboxylic acid groups (broad SMARTS) is 1. The topological polar surface area (TPSA) is 147 Å². The fraction of sp³-hybridized carbons (Fsp3) is 0.0833. The van der Waals surface area contributed by atoms with E-state index < -0.39 is 23.2 Å². The van der Waals surface area contributed by atoms with Gasteiger partial charge in [0.1, 0.15) is 0 Å². The highest BCUT2D eigenvalue weighted by Gasteiger charge is 2.18. The van der Waals surface area contributed by atoms with Gasteiger partial charge in [0.25, 0.3) is 0 Å². The van der Waals surface area contributed by atoms with Crippen molar-refractivity contribution in [3.05, 3.63) is 76.5 Å². The minimum atomic E-state index is -1.29. The molecule has 0 amide bonds. The van der Waals surface area contributed by atoms with Gasteiger partial charge in [0.05, 0.1) is 25.2 Å². The number of aromatic hydroxyl groups is 3. The van der Waals surface area contributed by atoms with Gasteiger partial charge >= 0.3 is 5.97 Å². The maximum Gasteiger partial charge on any atom is 0.335 e. The lowest BCUT2D eigenvalue weighted by Crippen LogP contribution is -2.08. The van der Waals surface area contributed by atoms with Crippen molar-refractivity contribution in [2.75, 3.05) is 14.2 Å². The quantitative estimate of drug-likeness (QED) is 0.338. The van der Waals surface area contributed by atoms with Crippen LogP contribution >= 0.6 is 0 Å². The Bertz CT molecular complexity index is 1330. The van der Waals surface area contributed by atoms with Crippen LogP contribution < -0.4 is 14.9 Å². The summed E-state index contributed by atoms with van der Waals surface area (Å²) in [6.45, 7) is 0. The molecule has 0 atom stereocenters. The van der Waals surface area contributed by atoms with Crippen LogP contribution in [0, 0.1) is 0 Å². The lowest BCUT2D eigenvalue weighted by Gasteiger charge is -2.10. The Morgan fingerprint density at radius 2 is 1.52 bits per heavy atom. The number of para-hydroxylation sites is 1. The van der Waals surface area contributed by atoms with Gasteiger partial charge in [-0.25, -0.2) is 4.79 Å². The fourth-order valence-electron chi connectivity index (χ4n) is 3.03. The normalized spacial score (nSPS) is 10.2. The van der Waals surface area contributed by atoms with E-state index in [0.717, 1.165) is 17.7 Å². The van der Waals surface area contributed by atoms with Crippen LogP contribution in [0.2, 0.25) is 0 Å². The third kappa shape index (κ3) is 4.67. The van der Waals surface area contributed by atoms with Gasteiger partial charge in [-0.05, 0) is 24.3 Å². The number of carbonyl (C=O) groups is 1. The predicted octanol–water partition coefficient (Wildman–Crippen LogP) is 3.98. The number of fused-ring (bicyclic) bond motifs is 1. The molecule has 0 aliphatic rings. The van der Waals surface area contributed by atoms with Gasteiger partial charge in [-0.1, -0.05) is 36.4 Å². The number of hydrogen-bond donors (Lipinski definition) is 4. The van der Waals surface area contributed by atoms with E-state index in [1.54, 1.807) is 25.3 Å². The summed E-state index contributed by atoms with van der Waals surface area (Å²) in [5, 5.41) is 35.4. The molecular weight excluding hydrogens is 432 g/mol. The van der Waals surface area contributed by atoms with Gasteiger partial charge < -0.3 is 34.3 Å². The molecule has 0 aliphatic heterocycles. The van der Waals surface area contributed by atoms with Gasteiger partial charge in [0.2, 0.25) is 11.2 Å². The van der Waals surface area contributed by atoms with Crippen LogP contribution in [-0.4, -0.2) is 40.6 Å². The molecule has 0 saturated heterocycles. The highest BCUT2D eigenvalue weighted by atomic mass is 16.5. The van der Waals surface area contributed by atoms with Gasteiger partial charge in [-0.15, -0.1) is 0 Å². The Kier molecular flexibility index (Phi) is 6.73. The van der Waals surface area contributed by atoms with Gasteiger partial charge in [0, 0.05) is 5.56 Å². The maximum absolute atomic E-state index is 12.6. The Hall–Kier alpha value is -4.66. The standard InChI is InChI=1S/C17H14O4.C7H6O5/c1-19-13-10-6-9-12-14(18)17(20-2)15(21-16(12)13)11-7-4-3-5-8-11;8-4-1-3(7(11)12)2-5(9)6(4)10/h3-10H,1-2H3;1-2,8-10H,(H,11,12). The summed E-state index contributed by atoms with van der Waals surface area (Å²) in [5.41, 5.74) is 0.697. The van der Waals surface area contributed by atoms with Gasteiger partial charge in [-0.2, -0.15) is 0 Å². The Labute approximate surface area is 187 Å². The average Bonchev–Trinajstić information content (AvgIpc) is 2.82. The van der Waals surface area contributed by atoms with Crippen LogP contribution in [0.3, 0.4) is 0 Å². The summed E-state index contributed by atoms with van der Waals surface area (Å²) >= 11 is 0. The lowest BCUT2D eigenvalue weighted by atomic mass is 10.1. The van der Waals surface area contributed by atoms with Crippen molar-refractivity contribution in [1.82, 2.24) is 0 Å². The molecule has 0 spiro atoms. The minimum absolute atomic E-state index is 0.196. The minimum Gasteiger partial charge on any atom is -0.504 e. The molecule has 170 valence electrons. The average molecular weight is 452 g/mol. The van der Waals surface area contributed by atoms with Crippen molar-refractivity contribution in [3.63, 3.8) is 0 Å². The Morgan fingerprint density at radius 1 is 0.879 bits per heavy atom. The third-order valence-electron chi connectivity index (χ3n) is 4.62.